The summed E-state index contributed by atoms with van der Waals surface area (Å²) in [6, 6.07) is 6.58. The Morgan fingerprint density at radius 1 is 1.28 bits per heavy atom. The fourth-order valence-corrected chi connectivity index (χ4v) is 3.21. The summed E-state index contributed by atoms with van der Waals surface area (Å²) < 4.78 is 0. The lowest BCUT2D eigenvalue weighted by molar-refractivity contribution is -0.136. The van der Waals surface area contributed by atoms with Crippen LogP contribution in [0.25, 0.3) is 0 Å². The summed E-state index contributed by atoms with van der Waals surface area (Å²) in [5.41, 5.74) is 6.06. The average molecular weight is 347 g/mol. The van der Waals surface area contributed by atoms with Crippen molar-refractivity contribution in [2.24, 2.45) is 11.1 Å². The average Bonchev–Trinajstić information content (AvgIpc) is 2.57. The number of likely N-dealkylation sites (tertiary alicyclic amines) is 1. The smallest absolute Gasteiger partial charge is 0.323 e. The third-order valence-electron chi connectivity index (χ3n) is 4.38. The Bertz CT molecular complexity index is 672. The van der Waals surface area contributed by atoms with Crippen molar-refractivity contribution in [1.29, 1.82) is 0 Å². The van der Waals surface area contributed by atoms with Gasteiger partial charge in [0.05, 0.1) is 17.8 Å². The van der Waals surface area contributed by atoms with Gasteiger partial charge in [-0.15, -0.1) is 0 Å². The standard InChI is InChI=1S/C18H25N3O4/c1-18(2)8-5-9-20(12-18)17(25)13-6-3-4-7-14(13)21(11-16(23)24)15(22)10-19/h3-4,6-7H,5,8-12,19H2,1-2H3,(H,23,24). The normalized spacial score (nSPS) is 16.4. The minimum Gasteiger partial charge on any atom is -0.480 e. The van der Waals surface area contributed by atoms with Gasteiger partial charge in [-0.2, -0.15) is 0 Å². The van der Waals surface area contributed by atoms with Gasteiger partial charge < -0.3 is 15.7 Å². The maximum absolute atomic E-state index is 13.0. The lowest BCUT2D eigenvalue weighted by atomic mass is 9.84. The van der Waals surface area contributed by atoms with Crippen LogP contribution in [-0.2, 0) is 9.59 Å². The monoisotopic (exact) mass is 347 g/mol. The van der Waals surface area contributed by atoms with Crippen LogP contribution < -0.4 is 10.6 Å². The number of para-hydroxylation sites is 1. The highest BCUT2D eigenvalue weighted by atomic mass is 16.4. The van der Waals surface area contributed by atoms with E-state index < -0.39 is 18.4 Å². The van der Waals surface area contributed by atoms with Gasteiger partial charge in [0.1, 0.15) is 6.54 Å². The van der Waals surface area contributed by atoms with Gasteiger partial charge in [0.15, 0.2) is 0 Å². The van der Waals surface area contributed by atoms with E-state index >= 15 is 0 Å². The summed E-state index contributed by atoms with van der Waals surface area (Å²) in [6.07, 6.45) is 1.97. The lowest BCUT2D eigenvalue weighted by Gasteiger charge is -2.38. The lowest BCUT2D eigenvalue weighted by Crippen LogP contribution is -2.45. The summed E-state index contributed by atoms with van der Waals surface area (Å²) in [6.45, 7) is 4.66. The van der Waals surface area contributed by atoms with Crippen LogP contribution in [0, 0.1) is 5.41 Å². The van der Waals surface area contributed by atoms with Crippen LogP contribution in [0.3, 0.4) is 0 Å². The molecule has 0 spiro atoms. The molecule has 25 heavy (non-hydrogen) atoms. The van der Waals surface area contributed by atoms with Crippen LogP contribution in [0.4, 0.5) is 5.69 Å². The van der Waals surface area contributed by atoms with Gasteiger partial charge in [-0.05, 0) is 30.4 Å². The SMILES string of the molecule is CC1(C)CCCN(C(=O)c2ccccc2N(CC(=O)O)C(=O)CN)C1. The number of hydrogen-bond acceptors (Lipinski definition) is 4. The molecule has 0 radical (unpaired) electrons. The first-order chi connectivity index (χ1) is 11.7. The molecule has 0 saturated carbocycles. The molecular weight excluding hydrogens is 322 g/mol. The number of benzene rings is 1. The zero-order valence-corrected chi connectivity index (χ0v) is 14.7. The van der Waals surface area contributed by atoms with Gasteiger partial charge >= 0.3 is 5.97 Å². The summed E-state index contributed by atoms with van der Waals surface area (Å²) in [5.74, 6) is -1.90. The van der Waals surface area contributed by atoms with Crippen molar-refractivity contribution in [3.8, 4) is 0 Å². The van der Waals surface area contributed by atoms with E-state index in [0.29, 0.717) is 18.7 Å². The largest absolute Gasteiger partial charge is 0.480 e. The molecule has 3 N–H and O–H groups in total. The Hall–Kier alpha value is -2.41. The molecule has 7 heteroatoms. The Labute approximate surface area is 147 Å². The van der Waals surface area contributed by atoms with E-state index in [4.69, 9.17) is 10.8 Å². The topological polar surface area (TPSA) is 104 Å². The predicted octanol–water partition coefficient (Wildman–Crippen LogP) is 1.33. The molecule has 1 aromatic rings. The van der Waals surface area contributed by atoms with E-state index in [1.165, 1.54) is 0 Å². The molecule has 2 amide bonds. The van der Waals surface area contributed by atoms with Crippen LogP contribution in [0.1, 0.15) is 37.0 Å². The van der Waals surface area contributed by atoms with Crippen molar-refractivity contribution >= 4 is 23.5 Å². The Kier molecular flexibility index (Phi) is 5.79. The second-order valence-electron chi connectivity index (χ2n) is 7.09. The Morgan fingerprint density at radius 2 is 1.96 bits per heavy atom. The highest BCUT2D eigenvalue weighted by molar-refractivity contribution is 6.06. The van der Waals surface area contributed by atoms with Crippen LogP contribution in [0.5, 0.6) is 0 Å². The second kappa shape index (κ2) is 7.65. The molecule has 1 fully saturated rings. The van der Waals surface area contributed by atoms with Gasteiger partial charge in [0.2, 0.25) is 5.91 Å². The molecule has 1 aliphatic heterocycles. The fourth-order valence-electron chi connectivity index (χ4n) is 3.21. The van der Waals surface area contributed by atoms with E-state index in [0.717, 1.165) is 17.7 Å². The maximum atomic E-state index is 13.0. The molecule has 1 aliphatic rings. The van der Waals surface area contributed by atoms with Crippen LogP contribution in [-0.4, -0.2) is 54.0 Å². The number of carboxylic acid groups (broad SMARTS) is 1. The van der Waals surface area contributed by atoms with Crippen molar-refractivity contribution in [1.82, 2.24) is 4.90 Å². The molecule has 0 unspecified atom stereocenters. The summed E-state index contributed by atoms with van der Waals surface area (Å²) in [5, 5.41) is 9.11. The zero-order chi connectivity index (χ0) is 18.6. The Morgan fingerprint density at radius 3 is 2.56 bits per heavy atom. The molecule has 1 saturated heterocycles. The van der Waals surface area contributed by atoms with Gasteiger partial charge in [-0.3, -0.25) is 19.3 Å². The number of piperidine rings is 1. The molecule has 1 aromatic carbocycles. The molecule has 0 bridgehead atoms. The third-order valence-corrected chi connectivity index (χ3v) is 4.38. The van der Waals surface area contributed by atoms with Crippen LogP contribution in [0.15, 0.2) is 24.3 Å². The maximum Gasteiger partial charge on any atom is 0.323 e. The molecule has 0 aliphatic carbocycles. The number of carbonyl (C=O) groups is 3. The minimum atomic E-state index is -1.16. The number of amides is 2. The number of carbonyl (C=O) groups excluding carboxylic acids is 2. The van der Waals surface area contributed by atoms with E-state index in [9.17, 15) is 14.4 Å². The second-order valence-corrected chi connectivity index (χ2v) is 7.09. The van der Waals surface area contributed by atoms with Crippen molar-refractivity contribution < 1.29 is 19.5 Å². The van der Waals surface area contributed by atoms with Crippen molar-refractivity contribution in [2.75, 3.05) is 31.1 Å². The number of carboxylic acids is 1. The van der Waals surface area contributed by atoms with Crippen molar-refractivity contribution in [3.05, 3.63) is 29.8 Å². The van der Waals surface area contributed by atoms with Crippen LogP contribution >= 0.6 is 0 Å². The van der Waals surface area contributed by atoms with Gasteiger partial charge in [0, 0.05) is 13.1 Å². The van der Waals surface area contributed by atoms with Gasteiger partial charge in [-0.1, -0.05) is 26.0 Å². The van der Waals surface area contributed by atoms with E-state index in [1.807, 2.05) is 0 Å². The highest BCUT2D eigenvalue weighted by Gasteiger charge is 2.31. The molecule has 2 rings (SSSR count). The van der Waals surface area contributed by atoms with Gasteiger partial charge in [0.25, 0.3) is 5.91 Å². The van der Waals surface area contributed by atoms with E-state index in [1.54, 1.807) is 29.2 Å². The summed E-state index contributed by atoms with van der Waals surface area (Å²) in [4.78, 5) is 39.1. The van der Waals surface area contributed by atoms with E-state index in [-0.39, 0.29) is 23.6 Å². The number of nitrogens with two attached hydrogens (primary N) is 1. The number of hydrogen-bond donors (Lipinski definition) is 2. The number of anilines is 1. The fraction of sp³-hybridized carbons (Fsp3) is 0.500. The molecule has 7 nitrogen and oxygen atoms in total. The minimum absolute atomic E-state index is 0.0384. The third kappa shape index (κ3) is 4.57. The first-order valence-corrected chi connectivity index (χ1v) is 8.36. The Balaban J connectivity index is 2.37. The number of aliphatic carboxylic acids is 1. The van der Waals surface area contributed by atoms with Crippen molar-refractivity contribution in [3.63, 3.8) is 0 Å². The summed E-state index contributed by atoms with van der Waals surface area (Å²) >= 11 is 0. The summed E-state index contributed by atoms with van der Waals surface area (Å²) in [7, 11) is 0. The zero-order valence-electron chi connectivity index (χ0n) is 14.7. The van der Waals surface area contributed by atoms with Crippen molar-refractivity contribution in [2.45, 2.75) is 26.7 Å². The molecule has 0 aromatic heterocycles. The van der Waals surface area contributed by atoms with Gasteiger partial charge in [-0.25, -0.2) is 0 Å². The molecular formula is C18H25N3O4. The van der Waals surface area contributed by atoms with Crippen LogP contribution in [0.2, 0.25) is 0 Å². The highest BCUT2D eigenvalue weighted by Crippen LogP contribution is 2.31. The molecule has 136 valence electrons. The number of nitrogens with zero attached hydrogens (tertiary/aromatic N) is 2. The predicted molar refractivity (Wildman–Crippen MR) is 94.4 cm³/mol. The number of rotatable bonds is 5. The molecule has 0 atom stereocenters. The first kappa shape index (κ1) is 18.9. The molecule has 1 heterocycles. The quantitative estimate of drug-likeness (QED) is 0.836. The van der Waals surface area contributed by atoms with E-state index in [2.05, 4.69) is 13.8 Å². The first-order valence-electron chi connectivity index (χ1n) is 8.36.